The lowest BCUT2D eigenvalue weighted by Gasteiger charge is -2.23. The molecule has 24 heavy (non-hydrogen) atoms. The summed E-state index contributed by atoms with van der Waals surface area (Å²) in [7, 11) is 0. The average molecular weight is 323 g/mol. The van der Waals surface area contributed by atoms with Crippen LogP contribution in [0.3, 0.4) is 0 Å². The van der Waals surface area contributed by atoms with Gasteiger partial charge < -0.3 is 14.3 Å². The molecule has 1 fully saturated rings. The van der Waals surface area contributed by atoms with Gasteiger partial charge in [0.1, 0.15) is 5.82 Å². The van der Waals surface area contributed by atoms with Crippen molar-refractivity contribution in [3.63, 3.8) is 0 Å². The molecule has 0 radical (unpaired) electrons. The maximum absolute atomic E-state index is 11.7. The van der Waals surface area contributed by atoms with Crippen molar-refractivity contribution in [2.45, 2.75) is 26.3 Å². The molecule has 1 aliphatic heterocycles. The van der Waals surface area contributed by atoms with Gasteiger partial charge in [0, 0.05) is 37.1 Å². The van der Waals surface area contributed by atoms with Crippen molar-refractivity contribution in [1.82, 2.24) is 14.5 Å². The predicted molar refractivity (Wildman–Crippen MR) is 94.1 cm³/mol. The highest BCUT2D eigenvalue weighted by Crippen LogP contribution is 2.27. The first-order valence-electron chi connectivity index (χ1n) is 8.45. The molecule has 1 aliphatic rings. The molecule has 4 rings (SSSR count). The number of H-pyrrole nitrogens is 1. The number of benzene rings is 1. The van der Waals surface area contributed by atoms with Gasteiger partial charge in [-0.1, -0.05) is 12.1 Å². The van der Waals surface area contributed by atoms with Crippen molar-refractivity contribution in [2.24, 2.45) is 5.92 Å². The van der Waals surface area contributed by atoms with Gasteiger partial charge in [0.25, 0.3) is 5.56 Å². The smallest absolute Gasteiger partial charge is 0.250 e. The Kier molecular flexibility index (Phi) is 3.94. The highest BCUT2D eigenvalue weighted by Gasteiger charge is 2.19. The summed E-state index contributed by atoms with van der Waals surface area (Å²) in [5, 5.41) is 0. The minimum absolute atomic E-state index is 0.0501. The van der Waals surface area contributed by atoms with Crippen LogP contribution in [-0.2, 0) is 11.3 Å². The molecule has 0 bridgehead atoms. The molecule has 3 aromatic rings. The molecule has 0 aliphatic carbocycles. The Bertz CT molecular complexity index is 920. The van der Waals surface area contributed by atoms with Crippen LogP contribution in [0.2, 0.25) is 0 Å². The minimum atomic E-state index is -0.0501. The van der Waals surface area contributed by atoms with E-state index in [2.05, 4.69) is 15.6 Å². The Morgan fingerprint density at radius 1 is 1.29 bits per heavy atom. The number of rotatable bonds is 3. The van der Waals surface area contributed by atoms with Crippen molar-refractivity contribution in [1.29, 1.82) is 0 Å². The zero-order valence-electron chi connectivity index (χ0n) is 13.8. The van der Waals surface area contributed by atoms with Crippen LogP contribution >= 0.6 is 0 Å². The molecule has 3 heterocycles. The number of fused-ring (bicyclic) bond motifs is 1. The molecule has 0 unspecified atom stereocenters. The number of imidazole rings is 1. The topological polar surface area (TPSA) is 59.9 Å². The third-order valence-corrected chi connectivity index (χ3v) is 4.78. The van der Waals surface area contributed by atoms with Crippen molar-refractivity contribution in [3.8, 4) is 11.4 Å². The van der Waals surface area contributed by atoms with E-state index in [-0.39, 0.29) is 5.56 Å². The quantitative estimate of drug-likeness (QED) is 0.805. The summed E-state index contributed by atoms with van der Waals surface area (Å²) >= 11 is 0. The number of para-hydroxylation sites is 2. The van der Waals surface area contributed by atoms with Crippen molar-refractivity contribution in [3.05, 3.63) is 52.4 Å². The molecule has 1 aromatic carbocycles. The van der Waals surface area contributed by atoms with Crippen LogP contribution in [-0.4, -0.2) is 27.7 Å². The van der Waals surface area contributed by atoms with Gasteiger partial charge in [0.2, 0.25) is 0 Å². The Morgan fingerprint density at radius 3 is 2.88 bits per heavy atom. The van der Waals surface area contributed by atoms with Crippen LogP contribution in [0.1, 0.15) is 18.4 Å². The molecule has 0 amide bonds. The van der Waals surface area contributed by atoms with E-state index in [9.17, 15) is 4.79 Å². The molecule has 124 valence electrons. The Labute approximate surface area is 140 Å². The second-order valence-corrected chi connectivity index (χ2v) is 6.49. The number of aromatic nitrogens is 3. The van der Waals surface area contributed by atoms with E-state index in [1.54, 1.807) is 6.20 Å². The van der Waals surface area contributed by atoms with E-state index in [1.165, 1.54) is 0 Å². The van der Waals surface area contributed by atoms with Gasteiger partial charge in [-0.2, -0.15) is 0 Å². The van der Waals surface area contributed by atoms with E-state index in [4.69, 9.17) is 9.72 Å². The number of nitrogens with zero attached hydrogens (tertiary/aromatic N) is 2. The lowest BCUT2D eigenvalue weighted by molar-refractivity contribution is 0.0617. The van der Waals surface area contributed by atoms with E-state index in [0.29, 0.717) is 11.5 Å². The number of aromatic amines is 1. The summed E-state index contributed by atoms with van der Waals surface area (Å²) in [5.41, 5.74) is 3.74. The predicted octanol–water partition coefficient (Wildman–Crippen LogP) is 3.13. The lowest BCUT2D eigenvalue weighted by atomic mass is 10.00. The third kappa shape index (κ3) is 2.76. The second kappa shape index (κ2) is 6.24. The van der Waals surface area contributed by atoms with E-state index < -0.39 is 0 Å². The summed E-state index contributed by atoms with van der Waals surface area (Å²) in [5.74, 6) is 1.51. The molecule has 0 atom stereocenters. The first kappa shape index (κ1) is 15.1. The number of ether oxygens (including phenoxy) is 1. The van der Waals surface area contributed by atoms with Gasteiger partial charge in [0.15, 0.2) is 0 Å². The number of hydrogen-bond acceptors (Lipinski definition) is 3. The maximum Gasteiger partial charge on any atom is 0.250 e. The molecule has 0 spiro atoms. The molecule has 1 N–H and O–H groups in total. The fourth-order valence-electron chi connectivity index (χ4n) is 3.39. The van der Waals surface area contributed by atoms with Crippen LogP contribution in [0.4, 0.5) is 0 Å². The fraction of sp³-hybridized carbons (Fsp3) is 0.368. The van der Waals surface area contributed by atoms with Crippen LogP contribution in [0.5, 0.6) is 0 Å². The monoisotopic (exact) mass is 323 g/mol. The van der Waals surface area contributed by atoms with Gasteiger partial charge in [0.05, 0.1) is 11.0 Å². The fourth-order valence-corrected chi connectivity index (χ4v) is 3.39. The average Bonchev–Trinajstić information content (AvgIpc) is 2.97. The van der Waals surface area contributed by atoms with E-state index >= 15 is 0 Å². The molecule has 5 nitrogen and oxygen atoms in total. The first-order valence-corrected chi connectivity index (χ1v) is 8.45. The van der Waals surface area contributed by atoms with Crippen LogP contribution in [0, 0.1) is 12.8 Å². The third-order valence-electron chi connectivity index (χ3n) is 4.78. The van der Waals surface area contributed by atoms with E-state index in [1.807, 2.05) is 31.2 Å². The number of nitrogens with one attached hydrogen (secondary N) is 1. The normalized spacial score (nSPS) is 15.9. The highest BCUT2D eigenvalue weighted by molar-refractivity contribution is 5.80. The van der Waals surface area contributed by atoms with Crippen molar-refractivity contribution in [2.75, 3.05) is 13.2 Å². The molecule has 0 saturated carbocycles. The van der Waals surface area contributed by atoms with Gasteiger partial charge in [-0.15, -0.1) is 0 Å². The summed E-state index contributed by atoms with van der Waals surface area (Å²) < 4.78 is 7.78. The lowest BCUT2D eigenvalue weighted by Crippen LogP contribution is -2.21. The summed E-state index contributed by atoms with van der Waals surface area (Å²) in [6, 6.07) is 10.1. The van der Waals surface area contributed by atoms with Crippen LogP contribution < -0.4 is 5.56 Å². The summed E-state index contributed by atoms with van der Waals surface area (Å²) in [6.07, 6.45) is 3.92. The molecular formula is C19H21N3O2. The standard InChI is InChI=1S/C19H21N3O2/c1-13-10-15(11-20-19(13)23)18-21-16-4-2-3-5-17(16)22(18)12-14-6-8-24-9-7-14/h2-5,10-11,14H,6-9,12H2,1H3,(H,20,23). The summed E-state index contributed by atoms with van der Waals surface area (Å²) in [6.45, 7) is 4.43. The second-order valence-electron chi connectivity index (χ2n) is 6.49. The van der Waals surface area contributed by atoms with Crippen LogP contribution in [0.25, 0.3) is 22.4 Å². The Morgan fingerprint density at radius 2 is 2.08 bits per heavy atom. The molecular weight excluding hydrogens is 302 g/mol. The van der Waals surface area contributed by atoms with Crippen molar-refractivity contribution < 1.29 is 4.74 Å². The number of hydrogen-bond donors (Lipinski definition) is 1. The molecule has 5 heteroatoms. The first-order chi connectivity index (χ1) is 11.7. The van der Waals surface area contributed by atoms with Gasteiger partial charge >= 0.3 is 0 Å². The summed E-state index contributed by atoms with van der Waals surface area (Å²) in [4.78, 5) is 19.3. The maximum atomic E-state index is 11.7. The number of pyridine rings is 1. The largest absolute Gasteiger partial charge is 0.381 e. The zero-order valence-corrected chi connectivity index (χ0v) is 13.8. The number of aryl methyl sites for hydroxylation is 1. The minimum Gasteiger partial charge on any atom is -0.381 e. The molecule has 1 saturated heterocycles. The SMILES string of the molecule is Cc1cc(-c2nc3ccccc3n2CC2CCOCC2)c[nH]c1=O. The van der Waals surface area contributed by atoms with Crippen molar-refractivity contribution >= 4 is 11.0 Å². The molecule has 2 aromatic heterocycles. The van der Waals surface area contributed by atoms with E-state index in [0.717, 1.165) is 55.0 Å². The Balaban J connectivity index is 1.82. The van der Waals surface area contributed by atoms with Gasteiger partial charge in [-0.3, -0.25) is 4.79 Å². The highest BCUT2D eigenvalue weighted by atomic mass is 16.5. The Hall–Kier alpha value is -2.40. The van der Waals surface area contributed by atoms with Gasteiger partial charge in [-0.05, 0) is 43.9 Å². The van der Waals surface area contributed by atoms with Crippen LogP contribution in [0.15, 0.2) is 41.3 Å². The zero-order chi connectivity index (χ0) is 16.5. The van der Waals surface area contributed by atoms with Gasteiger partial charge in [-0.25, -0.2) is 4.98 Å².